The van der Waals surface area contributed by atoms with Crippen molar-refractivity contribution in [1.82, 2.24) is 9.78 Å². The van der Waals surface area contributed by atoms with Gasteiger partial charge in [0.05, 0.1) is 0 Å². The Kier molecular flexibility index (Phi) is 2.27. The molecule has 5 heteroatoms. The second-order valence-electron chi connectivity index (χ2n) is 1.97. The highest BCUT2D eigenvalue weighted by atomic mass is 32.2. The van der Waals surface area contributed by atoms with Crippen LogP contribution in [0.25, 0.3) is 0 Å². The van der Waals surface area contributed by atoms with E-state index < -0.39 is 0 Å². The largest absolute Gasteiger partial charge is 0.384 e. The van der Waals surface area contributed by atoms with Gasteiger partial charge in [-0.2, -0.15) is 5.10 Å². The highest BCUT2D eigenvalue weighted by Crippen LogP contribution is 1.95. The lowest BCUT2D eigenvalue weighted by atomic mass is 10.0. The summed E-state index contributed by atoms with van der Waals surface area (Å²) in [5, 5.41) is 4.12. The molecule has 0 unspecified atom stereocenters. The predicted octanol–water partition coefficient (Wildman–Crippen LogP) is -0.390. The number of nitrogen functional groups attached to an aromatic ring is 1. The monoisotopic (exact) mass is 154 g/mol. The van der Waals surface area contributed by atoms with Crippen LogP contribution in [-0.2, 0) is 7.05 Å². The second kappa shape index (κ2) is 3.01. The summed E-state index contributed by atoms with van der Waals surface area (Å²) in [5.74, 6) is 0.695. The van der Waals surface area contributed by atoms with E-state index in [1.54, 1.807) is 16.3 Å². The summed E-state index contributed by atoms with van der Waals surface area (Å²) in [6.07, 6.45) is 1.99. The zero-order valence-electron chi connectivity index (χ0n) is 6.03. The van der Waals surface area contributed by atoms with Gasteiger partial charge in [-0.15, -0.1) is 0 Å². The minimum Gasteiger partial charge on any atom is -0.384 e. The lowest BCUT2D eigenvalue weighted by molar-refractivity contribution is 0.788. The van der Waals surface area contributed by atoms with Crippen LogP contribution in [0.3, 0.4) is 0 Å². The van der Waals surface area contributed by atoms with Crippen LogP contribution in [0.5, 0.6) is 0 Å². The zero-order chi connectivity index (χ0) is 7.56. The normalized spacial score (nSPS) is 9.80. The number of nitrogens with two attached hydrogens (primary N) is 1. The van der Waals surface area contributed by atoms with E-state index in [1.807, 2.05) is 25.9 Å². The smallest absolute Gasteiger partial charge is 0.257 e. The molecular formula is C5H9BN3S. The highest BCUT2D eigenvalue weighted by Gasteiger charge is 2.00. The Morgan fingerprint density at radius 2 is 2.50 bits per heavy atom. The fourth-order valence-electron chi connectivity index (χ4n) is 0.683. The Morgan fingerprint density at radius 3 is 2.90 bits per heavy atom. The number of hydrogen-bond acceptors (Lipinski definition) is 3. The van der Waals surface area contributed by atoms with Gasteiger partial charge in [0.25, 0.3) is 6.56 Å². The Labute approximate surface area is 65.1 Å². The molecule has 0 saturated carbocycles. The molecule has 0 aliphatic heterocycles. The van der Waals surface area contributed by atoms with E-state index in [9.17, 15) is 0 Å². The Balaban J connectivity index is 2.77. The summed E-state index contributed by atoms with van der Waals surface area (Å²) in [6, 6.07) is 1.84. The number of hydrogen-bond donors (Lipinski definition) is 1. The number of aryl methyl sites for hydroxylation is 1. The summed E-state index contributed by atoms with van der Waals surface area (Å²) >= 11 is 1.62. The molecule has 0 atom stereocenters. The maximum Gasteiger partial charge on any atom is 0.257 e. The Hall–Kier alpha value is -0.575. The van der Waals surface area contributed by atoms with Crippen LogP contribution in [0, 0.1) is 0 Å². The second-order valence-corrected chi connectivity index (χ2v) is 2.68. The van der Waals surface area contributed by atoms with Crippen LogP contribution in [0.4, 0.5) is 5.82 Å². The Morgan fingerprint density at radius 1 is 1.80 bits per heavy atom. The average Bonchev–Trinajstić information content (AvgIpc) is 2.14. The molecule has 3 nitrogen and oxygen atoms in total. The third-order valence-electron chi connectivity index (χ3n) is 1.17. The molecule has 2 N–H and O–H groups in total. The number of anilines is 1. The molecule has 0 aliphatic carbocycles. The molecule has 1 aromatic heterocycles. The molecule has 1 radical (unpaired) electrons. The summed E-state index contributed by atoms with van der Waals surface area (Å²) in [4.78, 5) is 0. The maximum absolute atomic E-state index is 5.54. The van der Waals surface area contributed by atoms with Crippen molar-refractivity contribution in [3.05, 3.63) is 6.07 Å². The molecule has 0 aromatic carbocycles. The van der Waals surface area contributed by atoms with Gasteiger partial charge in [0.2, 0.25) is 0 Å². The molecule has 53 valence electrons. The van der Waals surface area contributed by atoms with Gasteiger partial charge in [-0.25, -0.2) is 11.6 Å². The molecule has 0 saturated heterocycles. The van der Waals surface area contributed by atoms with Crippen molar-refractivity contribution in [3.63, 3.8) is 0 Å². The fraction of sp³-hybridized carbons (Fsp3) is 0.400. The van der Waals surface area contributed by atoms with Crippen molar-refractivity contribution in [2.45, 2.75) is 0 Å². The van der Waals surface area contributed by atoms with E-state index in [0.29, 0.717) is 5.82 Å². The summed E-state index contributed by atoms with van der Waals surface area (Å²) < 4.78 is 1.65. The first-order valence-corrected chi connectivity index (χ1v) is 4.18. The third kappa shape index (κ3) is 1.47. The first-order valence-electron chi connectivity index (χ1n) is 2.89. The van der Waals surface area contributed by atoms with Crippen molar-refractivity contribution >= 4 is 29.6 Å². The average molecular weight is 154 g/mol. The van der Waals surface area contributed by atoms with Gasteiger partial charge in [-0.3, -0.25) is 4.68 Å². The van der Waals surface area contributed by atoms with Gasteiger partial charge in [0.15, 0.2) is 0 Å². The molecule has 1 heterocycles. The number of nitrogens with zero attached hydrogens (tertiary/aromatic N) is 2. The van der Waals surface area contributed by atoms with Crippen LogP contribution < -0.4 is 11.3 Å². The minimum atomic E-state index is 0.695. The van der Waals surface area contributed by atoms with Gasteiger partial charge in [0, 0.05) is 12.6 Å². The molecule has 0 amide bonds. The maximum atomic E-state index is 5.54. The van der Waals surface area contributed by atoms with Gasteiger partial charge >= 0.3 is 0 Å². The van der Waals surface area contributed by atoms with E-state index in [4.69, 9.17) is 5.73 Å². The van der Waals surface area contributed by atoms with Gasteiger partial charge in [-0.05, 0) is 12.3 Å². The van der Waals surface area contributed by atoms with E-state index in [2.05, 4.69) is 5.10 Å². The number of rotatable bonds is 2. The lowest BCUT2D eigenvalue weighted by Crippen LogP contribution is -2.12. The molecule has 0 fully saturated rings. The SMILES string of the molecule is CS[B]c1cc(N)n(C)n1. The quantitative estimate of drug-likeness (QED) is 0.590. The standard InChI is InChI=1S/C5H9BN3S/c1-9-5(7)3-4(8-9)6-10-2/h3H,7H2,1-2H3. The molecule has 1 aromatic rings. The van der Waals surface area contributed by atoms with Crippen LogP contribution >= 0.6 is 11.6 Å². The number of aromatic nitrogens is 2. The van der Waals surface area contributed by atoms with E-state index in [0.717, 1.165) is 5.59 Å². The first kappa shape index (κ1) is 7.53. The minimum absolute atomic E-state index is 0.695. The van der Waals surface area contributed by atoms with Crippen LogP contribution in [0.2, 0.25) is 0 Å². The fourth-order valence-corrected chi connectivity index (χ4v) is 1.04. The van der Waals surface area contributed by atoms with Crippen LogP contribution in [0.1, 0.15) is 0 Å². The molecule has 0 spiro atoms. The van der Waals surface area contributed by atoms with E-state index >= 15 is 0 Å². The van der Waals surface area contributed by atoms with Crippen molar-refractivity contribution in [3.8, 4) is 0 Å². The van der Waals surface area contributed by atoms with E-state index in [-0.39, 0.29) is 0 Å². The van der Waals surface area contributed by atoms with Crippen molar-refractivity contribution in [2.24, 2.45) is 7.05 Å². The topological polar surface area (TPSA) is 43.8 Å². The van der Waals surface area contributed by atoms with E-state index in [1.165, 1.54) is 0 Å². The lowest BCUT2D eigenvalue weighted by Gasteiger charge is -1.88. The third-order valence-corrected chi connectivity index (χ3v) is 1.65. The van der Waals surface area contributed by atoms with Crippen molar-refractivity contribution in [2.75, 3.05) is 12.0 Å². The van der Waals surface area contributed by atoms with Gasteiger partial charge < -0.3 is 5.73 Å². The van der Waals surface area contributed by atoms with Crippen molar-refractivity contribution < 1.29 is 0 Å². The zero-order valence-corrected chi connectivity index (χ0v) is 6.85. The van der Waals surface area contributed by atoms with Gasteiger partial charge in [-0.1, -0.05) is 0 Å². The Bertz CT molecular complexity index is 203. The summed E-state index contributed by atoms with van der Waals surface area (Å²) in [7, 11) is 1.83. The summed E-state index contributed by atoms with van der Waals surface area (Å²) in [6.45, 7) is 1.95. The first-order chi connectivity index (χ1) is 4.74. The molecule has 0 aliphatic rings. The van der Waals surface area contributed by atoms with Crippen LogP contribution in [-0.4, -0.2) is 22.6 Å². The predicted molar refractivity (Wildman–Crippen MR) is 46.5 cm³/mol. The molecule has 10 heavy (non-hydrogen) atoms. The molecule has 1 rings (SSSR count). The highest BCUT2D eigenvalue weighted by molar-refractivity contribution is 8.23. The van der Waals surface area contributed by atoms with Gasteiger partial charge in [0.1, 0.15) is 5.82 Å². The molecular weight excluding hydrogens is 145 g/mol. The van der Waals surface area contributed by atoms with Crippen LogP contribution in [0.15, 0.2) is 6.07 Å². The molecule has 0 bridgehead atoms. The summed E-state index contributed by atoms with van der Waals surface area (Å²) in [5.41, 5.74) is 6.47. The van der Waals surface area contributed by atoms with Crippen molar-refractivity contribution in [1.29, 1.82) is 0 Å².